The molecule has 5 heteroatoms. The summed E-state index contributed by atoms with van der Waals surface area (Å²) in [5.74, 6) is 5.17. The molecule has 1 unspecified atom stereocenters. The number of rotatable bonds is 2. The minimum atomic E-state index is -2.17. The van der Waals surface area contributed by atoms with Crippen LogP contribution in [0.15, 0.2) is 23.1 Å². The van der Waals surface area contributed by atoms with Crippen molar-refractivity contribution in [3.63, 3.8) is 0 Å². The van der Waals surface area contributed by atoms with Crippen LogP contribution in [0, 0.1) is 6.92 Å². The summed E-state index contributed by atoms with van der Waals surface area (Å²) in [7, 11) is 0. The first-order valence-electron chi connectivity index (χ1n) is 3.31. The van der Waals surface area contributed by atoms with E-state index in [1.54, 1.807) is 19.1 Å². The molecule has 0 bridgehead atoms. The van der Waals surface area contributed by atoms with E-state index in [1.165, 1.54) is 6.07 Å². The van der Waals surface area contributed by atoms with Crippen LogP contribution in [0.5, 0.6) is 0 Å². The molecule has 1 rings (SSSR count). The predicted octanol–water partition coefficient (Wildman–Crippen LogP) is 0.519. The summed E-state index contributed by atoms with van der Waals surface area (Å²) in [5, 5.41) is 0. The number of hydrogen-bond donors (Lipinski definition) is 2. The van der Waals surface area contributed by atoms with Gasteiger partial charge in [0.15, 0.2) is 0 Å². The Kier molecular flexibility index (Phi) is 2.80. The third kappa shape index (κ3) is 1.82. The molecule has 1 aromatic rings. The molecule has 66 valence electrons. The minimum absolute atomic E-state index is 0.270. The summed E-state index contributed by atoms with van der Waals surface area (Å²) in [6, 6.07) is 4.67. The van der Waals surface area contributed by atoms with Gasteiger partial charge in [-0.1, -0.05) is 0 Å². The van der Waals surface area contributed by atoms with Crippen LogP contribution in [-0.4, -0.2) is 8.76 Å². The van der Waals surface area contributed by atoms with Crippen LogP contribution in [0.25, 0.3) is 0 Å². The van der Waals surface area contributed by atoms with Gasteiger partial charge in [0, 0.05) is 4.90 Å². The lowest BCUT2D eigenvalue weighted by Crippen LogP contribution is -2.08. The monoisotopic (exact) mass is 185 g/mol. The molecule has 0 spiro atoms. The van der Waals surface area contributed by atoms with Crippen LogP contribution in [0.2, 0.25) is 0 Å². The molecule has 1 aromatic carbocycles. The first-order chi connectivity index (χ1) is 5.65. The Morgan fingerprint density at radius 2 is 2.25 bits per heavy atom. The van der Waals surface area contributed by atoms with Crippen molar-refractivity contribution >= 4 is 16.8 Å². The minimum Gasteiger partial charge on any atom is -0.768 e. The lowest BCUT2D eigenvalue weighted by Gasteiger charge is -2.09. The Morgan fingerprint density at radius 3 is 2.67 bits per heavy atom. The van der Waals surface area contributed by atoms with Crippen LogP contribution in [0.4, 0.5) is 5.69 Å². The van der Waals surface area contributed by atoms with E-state index in [2.05, 4.69) is 5.43 Å². The molecule has 0 fully saturated rings. The second kappa shape index (κ2) is 3.66. The van der Waals surface area contributed by atoms with Gasteiger partial charge in [-0.2, -0.15) is 0 Å². The van der Waals surface area contributed by atoms with E-state index >= 15 is 0 Å². The number of nitrogens with two attached hydrogens (primary N) is 1. The van der Waals surface area contributed by atoms with Crippen molar-refractivity contribution in [1.82, 2.24) is 0 Å². The van der Waals surface area contributed by atoms with Crippen molar-refractivity contribution in [2.75, 3.05) is 5.43 Å². The third-order valence-electron chi connectivity index (χ3n) is 1.55. The van der Waals surface area contributed by atoms with Crippen molar-refractivity contribution in [3.8, 4) is 0 Å². The van der Waals surface area contributed by atoms with Crippen molar-refractivity contribution in [3.05, 3.63) is 23.8 Å². The third-order valence-corrected chi connectivity index (χ3v) is 2.18. The fraction of sp³-hybridized carbons (Fsp3) is 0.143. The van der Waals surface area contributed by atoms with Crippen molar-refractivity contribution in [1.29, 1.82) is 0 Å². The zero-order valence-corrected chi connectivity index (χ0v) is 7.35. The lowest BCUT2D eigenvalue weighted by molar-refractivity contribution is 0.537. The highest BCUT2D eigenvalue weighted by Gasteiger charge is 1.97. The molecule has 0 heterocycles. The molecule has 0 saturated heterocycles. The van der Waals surface area contributed by atoms with Gasteiger partial charge in [-0.05, 0) is 41.8 Å². The van der Waals surface area contributed by atoms with E-state index in [0.29, 0.717) is 0 Å². The summed E-state index contributed by atoms with van der Waals surface area (Å²) in [5.41, 5.74) is 3.99. The molecule has 3 N–H and O–H groups in total. The number of nitrogens with one attached hydrogen (secondary N) is 1. The van der Waals surface area contributed by atoms with Gasteiger partial charge in [-0.25, -0.2) is 0 Å². The van der Waals surface area contributed by atoms with E-state index < -0.39 is 11.1 Å². The summed E-state index contributed by atoms with van der Waals surface area (Å²) < 4.78 is 21.0. The zero-order chi connectivity index (χ0) is 9.14. The Morgan fingerprint density at radius 1 is 1.58 bits per heavy atom. The first-order valence-corrected chi connectivity index (χ1v) is 4.39. The quantitative estimate of drug-likeness (QED) is 0.400. The smallest absolute Gasteiger partial charge is 0.0515 e. The molecule has 0 aromatic heterocycles. The van der Waals surface area contributed by atoms with Crippen LogP contribution in [0.1, 0.15) is 5.56 Å². The second-order valence-electron chi connectivity index (χ2n) is 2.36. The Bertz CT molecular complexity index is 314. The summed E-state index contributed by atoms with van der Waals surface area (Å²) in [6.45, 7) is 1.78. The van der Waals surface area contributed by atoms with Gasteiger partial charge in [-0.3, -0.25) is 10.1 Å². The fourth-order valence-electron chi connectivity index (χ4n) is 0.902. The van der Waals surface area contributed by atoms with Crippen molar-refractivity contribution < 1.29 is 8.76 Å². The molecule has 0 aliphatic rings. The van der Waals surface area contributed by atoms with Crippen LogP contribution < -0.4 is 11.3 Å². The van der Waals surface area contributed by atoms with Gasteiger partial charge in [0.25, 0.3) is 0 Å². The molecule has 0 saturated carbocycles. The highest BCUT2D eigenvalue weighted by Crippen LogP contribution is 2.16. The largest absolute Gasteiger partial charge is 0.768 e. The zero-order valence-electron chi connectivity index (χ0n) is 6.53. The maximum absolute atomic E-state index is 10.5. The van der Waals surface area contributed by atoms with Crippen LogP contribution >= 0.6 is 0 Å². The van der Waals surface area contributed by atoms with Gasteiger partial charge in [0.1, 0.15) is 0 Å². The summed E-state index contributed by atoms with van der Waals surface area (Å²) in [6.07, 6.45) is 0. The summed E-state index contributed by atoms with van der Waals surface area (Å²) in [4.78, 5) is 0.270. The standard InChI is InChI=1S/C7H10N2O2S/c1-5-4-6(12(10)11)2-3-7(5)9-8/h2-4,9H,8H2,1H3,(H,10,11)/p-1. The number of hydrazine groups is 1. The highest BCUT2D eigenvalue weighted by molar-refractivity contribution is 7.79. The topological polar surface area (TPSA) is 78.2 Å². The SMILES string of the molecule is Cc1cc(S(=O)[O-])ccc1NN. The number of aryl methyl sites for hydroxylation is 1. The van der Waals surface area contributed by atoms with E-state index in [4.69, 9.17) is 5.84 Å². The van der Waals surface area contributed by atoms with Gasteiger partial charge in [0.2, 0.25) is 0 Å². The molecule has 0 aliphatic heterocycles. The summed E-state index contributed by atoms with van der Waals surface area (Å²) >= 11 is -2.17. The lowest BCUT2D eigenvalue weighted by atomic mass is 10.2. The molecular formula is C7H9N2O2S-. The first kappa shape index (κ1) is 9.18. The van der Waals surface area contributed by atoms with E-state index in [1.807, 2.05) is 0 Å². The molecular weight excluding hydrogens is 176 g/mol. The Labute approximate surface area is 73.0 Å². The number of nitrogen functional groups attached to an aromatic ring is 1. The Hall–Kier alpha value is -0.910. The number of hydrogen-bond acceptors (Lipinski definition) is 4. The number of benzene rings is 1. The molecule has 4 nitrogen and oxygen atoms in total. The second-order valence-corrected chi connectivity index (χ2v) is 3.30. The highest BCUT2D eigenvalue weighted by atomic mass is 32.2. The van der Waals surface area contributed by atoms with E-state index in [9.17, 15) is 8.76 Å². The van der Waals surface area contributed by atoms with Gasteiger partial charge in [0.05, 0.1) is 5.69 Å². The van der Waals surface area contributed by atoms with Crippen LogP contribution in [0.3, 0.4) is 0 Å². The van der Waals surface area contributed by atoms with Crippen molar-refractivity contribution in [2.45, 2.75) is 11.8 Å². The average Bonchev–Trinajstić information content (AvgIpc) is 2.04. The van der Waals surface area contributed by atoms with Gasteiger partial charge < -0.3 is 9.98 Å². The molecule has 12 heavy (non-hydrogen) atoms. The van der Waals surface area contributed by atoms with Crippen molar-refractivity contribution in [2.24, 2.45) is 5.84 Å². The van der Waals surface area contributed by atoms with Gasteiger partial charge >= 0.3 is 0 Å². The molecule has 1 atom stereocenters. The molecule has 0 radical (unpaired) electrons. The normalized spacial score (nSPS) is 12.6. The van der Waals surface area contributed by atoms with Crippen LogP contribution in [-0.2, 0) is 11.1 Å². The van der Waals surface area contributed by atoms with E-state index in [0.717, 1.165) is 11.3 Å². The average molecular weight is 185 g/mol. The fourth-order valence-corrected chi connectivity index (χ4v) is 1.35. The predicted molar refractivity (Wildman–Crippen MR) is 46.2 cm³/mol. The molecule has 0 amide bonds. The Balaban J connectivity index is 3.10. The van der Waals surface area contributed by atoms with Gasteiger partial charge in [-0.15, -0.1) is 0 Å². The van der Waals surface area contributed by atoms with E-state index in [-0.39, 0.29) is 4.90 Å². The molecule has 0 aliphatic carbocycles. The number of anilines is 1. The maximum atomic E-state index is 10.5. The maximum Gasteiger partial charge on any atom is 0.0515 e.